The molecular weight excluding hydrogens is 302 g/mol. The van der Waals surface area contributed by atoms with Crippen LogP contribution in [0.25, 0.3) is 0 Å². The Balaban J connectivity index is 2.35. The number of carbonyl (C=O) groups is 1. The van der Waals surface area contributed by atoms with Crippen LogP contribution in [0.5, 0.6) is 0 Å². The number of piperidine rings is 1. The largest absolute Gasteiger partial charge is 0.548 e. The highest BCUT2D eigenvalue weighted by Gasteiger charge is 2.34. The van der Waals surface area contributed by atoms with E-state index in [1.54, 1.807) is 24.3 Å². The third-order valence-corrected chi connectivity index (χ3v) is 5.98. The molecule has 1 atom stereocenters. The predicted octanol–water partition coefficient (Wildman–Crippen LogP) is 1.28. The molecule has 1 heterocycles. The summed E-state index contributed by atoms with van der Waals surface area (Å²) in [7, 11) is -3.81. The molecule has 1 aliphatic rings. The van der Waals surface area contributed by atoms with Crippen LogP contribution in [0.1, 0.15) is 45.6 Å². The number of nitrogens with zero attached hydrogens (tertiary/aromatic N) is 1. The van der Waals surface area contributed by atoms with E-state index in [1.165, 1.54) is 0 Å². The molecule has 1 aromatic rings. The topological polar surface area (TPSA) is 77.5 Å². The van der Waals surface area contributed by atoms with Crippen LogP contribution < -0.4 is 5.11 Å². The van der Waals surface area contributed by atoms with Gasteiger partial charge >= 0.3 is 0 Å². The molecule has 1 saturated heterocycles. The molecule has 2 rings (SSSR count). The maximum absolute atomic E-state index is 12.7. The highest BCUT2D eigenvalue weighted by atomic mass is 32.2. The van der Waals surface area contributed by atoms with Gasteiger partial charge in [-0.25, -0.2) is 8.42 Å². The summed E-state index contributed by atoms with van der Waals surface area (Å²) in [5.41, 5.74) is 0.961. The van der Waals surface area contributed by atoms with Gasteiger partial charge in [-0.15, -0.1) is 0 Å². The fraction of sp³-hybridized carbons (Fsp3) is 0.562. The Bertz CT molecular complexity index is 644. The number of hydrogen-bond acceptors (Lipinski definition) is 4. The van der Waals surface area contributed by atoms with Crippen LogP contribution in [-0.4, -0.2) is 31.3 Å². The van der Waals surface area contributed by atoms with E-state index in [4.69, 9.17) is 0 Å². The van der Waals surface area contributed by atoms with Crippen molar-refractivity contribution in [1.82, 2.24) is 4.31 Å². The van der Waals surface area contributed by atoms with Gasteiger partial charge in [0.2, 0.25) is 10.0 Å². The molecule has 22 heavy (non-hydrogen) atoms. The Morgan fingerprint density at radius 1 is 1.18 bits per heavy atom. The summed E-state index contributed by atoms with van der Waals surface area (Å²) in [6.07, 6.45) is 1.68. The van der Waals surface area contributed by atoms with Crippen molar-refractivity contribution in [3.8, 4) is 0 Å². The van der Waals surface area contributed by atoms with Gasteiger partial charge in [-0.2, -0.15) is 4.31 Å². The molecule has 0 N–H and O–H groups in total. The van der Waals surface area contributed by atoms with Crippen LogP contribution in [0.4, 0.5) is 0 Å². The predicted molar refractivity (Wildman–Crippen MR) is 81.7 cm³/mol. The van der Waals surface area contributed by atoms with Crippen molar-refractivity contribution in [2.24, 2.45) is 0 Å². The second kappa shape index (κ2) is 6.01. The number of rotatable bonds is 3. The van der Waals surface area contributed by atoms with Crippen LogP contribution in [0.2, 0.25) is 0 Å². The Morgan fingerprint density at radius 3 is 2.27 bits per heavy atom. The lowest BCUT2D eigenvalue weighted by Crippen LogP contribution is -2.52. The van der Waals surface area contributed by atoms with Gasteiger partial charge in [-0.05, 0) is 36.0 Å². The molecule has 0 spiro atoms. The van der Waals surface area contributed by atoms with Crippen molar-refractivity contribution in [2.75, 3.05) is 6.54 Å². The van der Waals surface area contributed by atoms with E-state index in [0.717, 1.165) is 9.87 Å². The standard InChI is InChI=1S/C16H23NO4S/c1-16(2,3)12-7-9-13(10-8-12)22(20,21)17-11-5-4-6-14(17)15(18)19/h7-10,14H,4-6,11H2,1-3H3,(H,18,19)/p-1/t14-/m1/s1. The summed E-state index contributed by atoms with van der Waals surface area (Å²) >= 11 is 0. The molecule has 0 aliphatic carbocycles. The normalized spacial score (nSPS) is 20.8. The number of aliphatic carboxylic acids is 1. The molecular formula is C16H22NO4S-. The molecule has 122 valence electrons. The first-order valence-corrected chi connectivity index (χ1v) is 8.91. The van der Waals surface area contributed by atoms with Crippen molar-refractivity contribution < 1.29 is 18.3 Å². The number of hydrogen-bond donors (Lipinski definition) is 0. The molecule has 0 aromatic heterocycles. The van der Waals surface area contributed by atoms with E-state index < -0.39 is 22.0 Å². The van der Waals surface area contributed by atoms with Crippen LogP contribution in [0.15, 0.2) is 29.2 Å². The zero-order chi connectivity index (χ0) is 16.5. The fourth-order valence-corrected chi connectivity index (χ4v) is 4.34. The molecule has 1 aliphatic heterocycles. The summed E-state index contributed by atoms with van der Waals surface area (Å²) in [5.74, 6) is -1.32. The van der Waals surface area contributed by atoms with Gasteiger partial charge in [0.1, 0.15) is 0 Å². The van der Waals surface area contributed by atoms with Crippen molar-refractivity contribution in [3.63, 3.8) is 0 Å². The molecule has 0 radical (unpaired) electrons. The number of benzene rings is 1. The van der Waals surface area contributed by atoms with Crippen molar-refractivity contribution in [1.29, 1.82) is 0 Å². The lowest BCUT2D eigenvalue weighted by molar-refractivity contribution is -0.311. The van der Waals surface area contributed by atoms with Gasteiger partial charge in [-0.1, -0.05) is 39.3 Å². The summed E-state index contributed by atoms with van der Waals surface area (Å²) < 4.78 is 26.5. The van der Waals surface area contributed by atoms with Gasteiger partial charge in [-0.3, -0.25) is 0 Å². The summed E-state index contributed by atoms with van der Waals surface area (Å²) in [6.45, 7) is 6.37. The Labute approximate surface area is 132 Å². The Hall–Kier alpha value is -1.40. The van der Waals surface area contributed by atoms with Crippen molar-refractivity contribution in [3.05, 3.63) is 29.8 Å². The molecule has 5 nitrogen and oxygen atoms in total. The van der Waals surface area contributed by atoms with Gasteiger partial charge in [0, 0.05) is 6.54 Å². The van der Waals surface area contributed by atoms with Gasteiger partial charge in [0.15, 0.2) is 0 Å². The molecule has 1 aromatic carbocycles. The van der Waals surface area contributed by atoms with E-state index in [-0.39, 0.29) is 16.9 Å². The van der Waals surface area contributed by atoms with E-state index in [2.05, 4.69) is 0 Å². The minimum absolute atomic E-state index is 0.0685. The Kier molecular flexibility index (Phi) is 4.63. The molecule has 0 bridgehead atoms. The molecule has 6 heteroatoms. The third kappa shape index (κ3) is 3.33. The lowest BCUT2D eigenvalue weighted by atomic mass is 9.87. The maximum atomic E-state index is 12.7. The number of carboxylic acid groups (broad SMARTS) is 1. The number of carbonyl (C=O) groups excluding carboxylic acids is 1. The highest BCUT2D eigenvalue weighted by Crippen LogP contribution is 2.28. The average molecular weight is 324 g/mol. The Morgan fingerprint density at radius 2 is 1.77 bits per heavy atom. The monoisotopic (exact) mass is 324 g/mol. The zero-order valence-electron chi connectivity index (χ0n) is 13.2. The van der Waals surface area contributed by atoms with Crippen LogP contribution in [0.3, 0.4) is 0 Å². The highest BCUT2D eigenvalue weighted by molar-refractivity contribution is 7.89. The third-order valence-electron chi connectivity index (χ3n) is 4.05. The smallest absolute Gasteiger partial charge is 0.243 e. The van der Waals surface area contributed by atoms with Gasteiger partial charge < -0.3 is 9.90 Å². The van der Waals surface area contributed by atoms with Crippen LogP contribution in [-0.2, 0) is 20.2 Å². The van der Waals surface area contributed by atoms with E-state index in [9.17, 15) is 18.3 Å². The lowest BCUT2D eigenvalue weighted by Gasteiger charge is -2.35. The number of sulfonamides is 1. The second-order valence-electron chi connectivity index (χ2n) is 6.72. The second-order valence-corrected chi connectivity index (χ2v) is 8.61. The molecule has 0 saturated carbocycles. The van der Waals surface area contributed by atoms with Crippen LogP contribution in [0, 0.1) is 0 Å². The summed E-state index contributed by atoms with van der Waals surface area (Å²) in [6, 6.07) is 5.60. The van der Waals surface area contributed by atoms with Crippen LogP contribution >= 0.6 is 0 Å². The van der Waals surface area contributed by atoms with E-state index >= 15 is 0 Å². The first-order chi connectivity index (χ1) is 10.1. The molecule has 0 amide bonds. The first-order valence-electron chi connectivity index (χ1n) is 7.47. The minimum Gasteiger partial charge on any atom is -0.548 e. The zero-order valence-corrected chi connectivity index (χ0v) is 14.0. The minimum atomic E-state index is -3.81. The number of carboxylic acids is 1. The van der Waals surface area contributed by atoms with Crippen molar-refractivity contribution >= 4 is 16.0 Å². The van der Waals surface area contributed by atoms with E-state index in [1.807, 2.05) is 20.8 Å². The average Bonchev–Trinajstić information content (AvgIpc) is 2.46. The van der Waals surface area contributed by atoms with Gasteiger partial charge in [0.05, 0.1) is 16.9 Å². The summed E-state index contributed by atoms with van der Waals surface area (Å²) in [5, 5.41) is 11.2. The maximum Gasteiger partial charge on any atom is 0.243 e. The van der Waals surface area contributed by atoms with Gasteiger partial charge in [0.25, 0.3) is 0 Å². The SMILES string of the molecule is CC(C)(C)c1ccc(S(=O)(=O)N2CCCC[C@@H]2C(=O)[O-])cc1. The van der Waals surface area contributed by atoms with E-state index in [0.29, 0.717) is 19.3 Å². The summed E-state index contributed by atoms with van der Waals surface area (Å²) in [4.78, 5) is 11.3. The first kappa shape index (κ1) is 17.0. The quantitative estimate of drug-likeness (QED) is 0.839. The molecule has 1 fully saturated rings. The fourth-order valence-electron chi connectivity index (χ4n) is 2.69. The molecule has 0 unspecified atom stereocenters. The van der Waals surface area contributed by atoms with Crippen molar-refractivity contribution in [2.45, 2.75) is 56.4 Å².